The predicted molar refractivity (Wildman–Crippen MR) is 54.9 cm³/mol. The topological polar surface area (TPSA) is 63.6 Å². The van der Waals surface area contributed by atoms with Crippen molar-refractivity contribution in [3.05, 3.63) is 28.8 Å². The summed E-state index contributed by atoms with van der Waals surface area (Å²) in [5.74, 6) is -1.51. The van der Waals surface area contributed by atoms with E-state index in [9.17, 15) is 9.59 Å². The summed E-state index contributed by atoms with van der Waals surface area (Å²) in [5.41, 5.74) is -0.940. The molecule has 82 valence electrons. The van der Waals surface area contributed by atoms with Crippen LogP contribution in [0.3, 0.4) is 0 Å². The largest absolute Gasteiger partial charge is 0.478 e. The predicted octanol–water partition coefficient (Wildman–Crippen LogP) is 1.76. The third kappa shape index (κ3) is 1.05. The van der Waals surface area contributed by atoms with E-state index in [2.05, 4.69) is 0 Å². The quantitative estimate of drug-likeness (QED) is 0.810. The molecule has 2 atom stereocenters. The van der Waals surface area contributed by atoms with Gasteiger partial charge in [0, 0.05) is 11.4 Å². The van der Waals surface area contributed by atoms with Gasteiger partial charge >= 0.3 is 5.97 Å². The molecule has 0 aromatic heterocycles. The van der Waals surface area contributed by atoms with Gasteiger partial charge in [0.1, 0.15) is 5.75 Å². The Labute approximate surface area is 95.8 Å². The van der Waals surface area contributed by atoms with Crippen molar-refractivity contribution in [1.29, 1.82) is 0 Å². The zero-order valence-electron chi connectivity index (χ0n) is 8.07. The summed E-state index contributed by atoms with van der Waals surface area (Å²) in [6.45, 7) is 0. The number of rotatable bonds is 1. The molecule has 1 aliphatic heterocycles. The van der Waals surface area contributed by atoms with Crippen LogP contribution in [-0.2, 0) is 4.79 Å². The molecule has 1 aromatic rings. The Morgan fingerprint density at radius 1 is 1.56 bits per heavy atom. The van der Waals surface area contributed by atoms with Crippen LogP contribution < -0.4 is 4.74 Å². The number of fused-ring (bicyclic) bond motifs is 2. The lowest BCUT2D eigenvalue weighted by Gasteiger charge is -2.22. The molecule has 16 heavy (non-hydrogen) atoms. The van der Waals surface area contributed by atoms with E-state index in [-0.39, 0.29) is 12.2 Å². The zero-order chi connectivity index (χ0) is 11.5. The molecular formula is C11H7ClO4. The molecule has 0 bridgehead atoms. The first-order chi connectivity index (χ1) is 7.54. The number of halogens is 1. The number of hydrogen-bond acceptors (Lipinski definition) is 3. The average Bonchev–Trinajstić information content (AvgIpc) is 2.96. The molecule has 0 radical (unpaired) electrons. The van der Waals surface area contributed by atoms with Crippen molar-refractivity contribution in [2.75, 3.05) is 0 Å². The van der Waals surface area contributed by atoms with Crippen LogP contribution in [-0.4, -0.2) is 22.5 Å². The van der Waals surface area contributed by atoms with Gasteiger partial charge in [-0.25, -0.2) is 4.79 Å². The normalized spacial score (nSPS) is 30.1. The number of carboxylic acid groups (broad SMARTS) is 1. The van der Waals surface area contributed by atoms with Gasteiger partial charge in [-0.1, -0.05) is 11.6 Å². The van der Waals surface area contributed by atoms with Crippen LogP contribution in [0.5, 0.6) is 5.75 Å². The number of carbonyl (C=O) groups excluding carboxylic acids is 1. The SMILES string of the molecule is O=C1c2cc(Cl)ccc2O[C@@]2(C(=O)O)C[C@@H]12. The molecule has 2 aliphatic rings. The molecule has 1 aromatic carbocycles. The number of carboxylic acids is 1. The van der Waals surface area contributed by atoms with Crippen LogP contribution in [0, 0.1) is 5.92 Å². The van der Waals surface area contributed by atoms with Gasteiger partial charge in [0.15, 0.2) is 5.78 Å². The van der Waals surface area contributed by atoms with Gasteiger partial charge in [-0.2, -0.15) is 0 Å². The fraction of sp³-hybridized carbons (Fsp3) is 0.273. The molecular weight excluding hydrogens is 232 g/mol. The van der Waals surface area contributed by atoms with Crippen molar-refractivity contribution in [1.82, 2.24) is 0 Å². The molecule has 1 heterocycles. The third-order valence-electron chi connectivity index (χ3n) is 3.09. The van der Waals surface area contributed by atoms with Crippen molar-refractivity contribution >= 4 is 23.4 Å². The first kappa shape index (κ1) is 9.66. The first-order valence-electron chi connectivity index (χ1n) is 4.81. The summed E-state index contributed by atoms with van der Waals surface area (Å²) in [6, 6.07) is 4.63. The molecule has 1 fully saturated rings. The van der Waals surface area contributed by atoms with Gasteiger partial charge in [0.25, 0.3) is 0 Å². The number of benzene rings is 1. The molecule has 0 spiro atoms. The van der Waals surface area contributed by atoms with Crippen LogP contribution in [0.2, 0.25) is 5.02 Å². The second-order valence-corrected chi connectivity index (χ2v) is 4.49. The lowest BCUT2D eigenvalue weighted by molar-refractivity contribution is -0.148. The molecule has 3 rings (SSSR count). The standard InChI is InChI=1S/C11H7ClO4/c12-5-1-2-8-6(3-5)9(13)7-4-11(7,16-8)10(14)15/h1-3,7H,4H2,(H,14,15)/t7-,11-/m0/s1. The Kier molecular flexibility index (Phi) is 1.67. The molecule has 1 saturated carbocycles. The minimum atomic E-state index is -1.32. The van der Waals surface area contributed by atoms with Crippen LogP contribution in [0.1, 0.15) is 16.8 Å². The zero-order valence-corrected chi connectivity index (χ0v) is 8.82. The van der Waals surface area contributed by atoms with Gasteiger partial charge in [-0.3, -0.25) is 4.79 Å². The Balaban J connectivity index is 2.11. The third-order valence-corrected chi connectivity index (χ3v) is 3.32. The minimum absolute atomic E-state index is 0.189. The van der Waals surface area contributed by atoms with Gasteiger partial charge < -0.3 is 9.84 Å². The highest BCUT2D eigenvalue weighted by molar-refractivity contribution is 6.31. The Morgan fingerprint density at radius 2 is 2.31 bits per heavy atom. The van der Waals surface area contributed by atoms with E-state index in [0.29, 0.717) is 16.3 Å². The lowest BCUT2D eigenvalue weighted by atomic mass is 10.0. The summed E-state index contributed by atoms with van der Waals surface area (Å²) in [6.07, 6.45) is 0.244. The van der Waals surface area contributed by atoms with Crippen molar-refractivity contribution < 1.29 is 19.4 Å². The molecule has 0 saturated heterocycles. The van der Waals surface area contributed by atoms with Crippen LogP contribution in [0.4, 0.5) is 0 Å². The lowest BCUT2D eigenvalue weighted by Crippen LogP contribution is -2.37. The average molecular weight is 239 g/mol. The fourth-order valence-corrected chi connectivity index (χ4v) is 2.28. The number of hydrogen-bond donors (Lipinski definition) is 1. The van der Waals surface area contributed by atoms with E-state index in [1.807, 2.05) is 0 Å². The maximum atomic E-state index is 11.9. The van der Waals surface area contributed by atoms with Gasteiger partial charge in [0.2, 0.25) is 5.60 Å². The minimum Gasteiger partial charge on any atom is -0.478 e. The van der Waals surface area contributed by atoms with Crippen LogP contribution >= 0.6 is 11.6 Å². The number of ketones is 1. The van der Waals surface area contributed by atoms with Crippen molar-refractivity contribution in [2.24, 2.45) is 5.92 Å². The van der Waals surface area contributed by atoms with E-state index < -0.39 is 17.5 Å². The summed E-state index contributed by atoms with van der Waals surface area (Å²) in [7, 11) is 0. The molecule has 0 unspecified atom stereocenters. The number of Topliss-reactive ketones (excluding diaryl/α,β-unsaturated/α-hetero) is 1. The van der Waals surface area contributed by atoms with Crippen LogP contribution in [0.25, 0.3) is 0 Å². The van der Waals surface area contributed by atoms with Gasteiger partial charge in [-0.05, 0) is 18.2 Å². The number of carbonyl (C=O) groups is 2. The summed E-state index contributed by atoms with van der Waals surface area (Å²) in [4.78, 5) is 23.0. The first-order valence-corrected chi connectivity index (χ1v) is 5.18. The summed E-state index contributed by atoms with van der Waals surface area (Å²) >= 11 is 5.78. The van der Waals surface area contributed by atoms with E-state index in [1.54, 1.807) is 6.07 Å². The smallest absolute Gasteiger partial charge is 0.348 e. The van der Waals surface area contributed by atoms with Gasteiger partial charge in [-0.15, -0.1) is 0 Å². The van der Waals surface area contributed by atoms with E-state index in [1.165, 1.54) is 12.1 Å². The van der Waals surface area contributed by atoms with Gasteiger partial charge in [0.05, 0.1) is 11.5 Å². The van der Waals surface area contributed by atoms with E-state index in [4.69, 9.17) is 21.4 Å². The summed E-state index contributed by atoms with van der Waals surface area (Å²) < 4.78 is 5.40. The molecule has 4 nitrogen and oxygen atoms in total. The van der Waals surface area contributed by atoms with Crippen molar-refractivity contribution in [3.8, 4) is 5.75 Å². The van der Waals surface area contributed by atoms with E-state index >= 15 is 0 Å². The second-order valence-electron chi connectivity index (χ2n) is 4.06. The highest BCUT2D eigenvalue weighted by Crippen LogP contribution is 2.54. The Morgan fingerprint density at radius 3 is 3.00 bits per heavy atom. The molecule has 5 heteroatoms. The highest BCUT2D eigenvalue weighted by atomic mass is 35.5. The second kappa shape index (κ2) is 2.77. The highest BCUT2D eigenvalue weighted by Gasteiger charge is 2.69. The van der Waals surface area contributed by atoms with E-state index in [0.717, 1.165) is 0 Å². The fourth-order valence-electron chi connectivity index (χ4n) is 2.11. The molecule has 0 amide bonds. The monoisotopic (exact) mass is 238 g/mol. The molecule has 1 N–H and O–H groups in total. The maximum absolute atomic E-state index is 11.9. The van der Waals surface area contributed by atoms with Crippen molar-refractivity contribution in [2.45, 2.75) is 12.0 Å². The number of aliphatic carboxylic acids is 1. The Bertz CT molecular complexity index is 525. The Hall–Kier alpha value is -1.55. The summed E-state index contributed by atoms with van der Waals surface area (Å²) in [5, 5.41) is 9.48. The molecule has 1 aliphatic carbocycles. The van der Waals surface area contributed by atoms with Crippen molar-refractivity contribution in [3.63, 3.8) is 0 Å². The maximum Gasteiger partial charge on any atom is 0.348 e. The number of ether oxygens (including phenoxy) is 1. The van der Waals surface area contributed by atoms with Crippen LogP contribution in [0.15, 0.2) is 18.2 Å².